The first-order valence-electron chi connectivity index (χ1n) is 33.9. The summed E-state index contributed by atoms with van der Waals surface area (Å²) in [6.07, 6.45) is 40.1. The zero-order valence-corrected chi connectivity index (χ0v) is 51.6. The molecule has 0 amide bonds. The molecule has 2 aliphatic heterocycles. The number of aliphatic hydroxyl groups excluding tert-OH is 5. The summed E-state index contributed by atoms with van der Waals surface area (Å²) in [6, 6.07) is 0. The molecule has 472 valence electrons. The molecule has 0 bridgehead atoms. The second-order valence-electron chi connectivity index (χ2n) is 24.1. The van der Waals surface area contributed by atoms with Crippen LogP contribution in [0.1, 0.15) is 329 Å². The SMILES string of the molecule is CCCCCCCCCCCCCCCCCC(=O)O[C@H]1[C@@H](O[C@]2(CO)O[C@H](CO)[C@@H](O)[C@@H]2OC(=O)CCCCCCCCCCCCCCCCC)O[C@H](CO)[C@@H](O)[C@@H]1OC(=O)CCCCCCCCCCCCCCCCC. The van der Waals surface area contributed by atoms with Gasteiger partial charge in [-0.25, -0.2) is 0 Å². The van der Waals surface area contributed by atoms with Crippen LogP contribution in [0.5, 0.6) is 0 Å². The highest BCUT2D eigenvalue weighted by Gasteiger charge is 2.62. The Morgan fingerprint density at radius 1 is 0.362 bits per heavy atom. The Morgan fingerprint density at radius 3 is 0.925 bits per heavy atom. The molecular formula is C66H124O14. The van der Waals surface area contributed by atoms with Crippen LogP contribution in [0.15, 0.2) is 0 Å². The van der Waals surface area contributed by atoms with Crippen molar-refractivity contribution in [2.75, 3.05) is 19.8 Å². The normalized spacial score (nSPS) is 22.9. The van der Waals surface area contributed by atoms with E-state index in [9.17, 15) is 39.9 Å². The predicted molar refractivity (Wildman–Crippen MR) is 319 cm³/mol. The molecule has 2 heterocycles. The van der Waals surface area contributed by atoms with Crippen LogP contribution in [-0.4, -0.2) is 118 Å². The molecule has 0 aromatic rings. The topological polar surface area (TPSA) is 208 Å². The van der Waals surface area contributed by atoms with Gasteiger partial charge >= 0.3 is 17.9 Å². The Balaban J connectivity index is 2.03. The van der Waals surface area contributed by atoms with Gasteiger partial charge in [0.05, 0.1) is 13.2 Å². The summed E-state index contributed by atoms with van der Waals surface area (Å²) < 4.78 is 36.1. The molecule has 2 aliphatic rings. The van der Waals surface area contributed by atoms with Crippen molar-refractivity contribution in [2.45, 2.75) is 384 Å². The average molecular weight is 1140 g/mol. The van der Waals surface area contributed by atoms with E-state index in [4.69, 9.17) is 28.4 Å². The van der Waals surface area contributed by atoms with Gasteiger partial charge in [-0.2, -0.15) is 0 Å². The van der Waals surface area contributed by atoms with E-state index in [2.05, 4.69) is 20.8 Å². The lowest BCUT2D eigenvalue weighted by Gasteiger charge is -2.45. The fourth-order valence-corrected chi connectivity index (χ4v) is 11.5. The van der Waals surface area contributed by atoms with Crippen molar-refractivity contribution in [1.29, 1.82) is 0 Å². The van der Waals surface area contributed by atoms with Gasteiger partial charge in [-0.1, -0.05) is 290 Å². The third-order valence-corrected chi connectivity index (χ3v) is 16.7. The maximum absolute atomic E-state index is 13.7. The van der Waals surface area contributed by atoms with Gasteiger partial charge in [0.2, 0.25) is 12.1 Å². The number of hydrogen-bond acceptors (Lipinski definition) is 14. The zero-order chi connectivity index (χ0) is 58.2. The highest BCUT2D eigenvalue weighted by Crippen LogP contribution is 2.39. The molecule has 0 aromatic heterocycles. The van der Waals surface area contributed by atoms with Crippen LogP contribution in [-0.2, 0) is 42.8 Å². The molecule has 14 heteroatoms. The van der Waals surface area contributed by atoms with E-state index >= 15 is 0 Å². The van der Waals surface area contributed by atoms with E-state index < -0.39 is 92.5 Å². The number of carbonyl (C=O) groups is 3. The Hall–Kier alpha value is -1.91. The van der Waals surface area contributed by atoms with Gasteiger partial charge in [-0.3, -0.25) is 14.4 Å². The predicted octanol–water partition coefficient (Wildman–Crippen LogP) is 15.0. The van der Waals surface area contributed by atoms with E-state index in [-0.39, 0.29) is 19.3 Å². The van der Waals surface area contributed by atoms with E-state index in [1.165, 1.54) is 193 Å². The third-order valence-electron chi connectivity index (χ3n) is 16.7. The lowest BCUT2D eigenvalue weighted by Crippen LogP contribution is -2.64. The largest absolute Gasteiger partial charge is 0.455 e. The van der Waals surface area contributed by atoms with Crippen LogP contribution in [0.3, 0.4) is 0 Å². The fourth-order valence-electron chi connectivity index (χ4n) is 11.5. The quantitative estimate of drug-likeness (QED) is 0.0218. The molecule has 0 spiro atoms. The molecule has 0 saturated carbocycles. The minimum atomic E-state index is -2.36. The molecule has 0 aromatic carbocycles. The van der Waals surface area contributed by atoms with E-state index in [0.717, 1.165) is 77.0 Å². The van der Waals surface area contributed by atoms with Crippen molar-refractivity contribution < 1.29 is 68.3 Å². The van der Waals surface area contributed by atoms with Crippen LogP contribution in [0.25, 0.3) is 0 Å². The standard InChI is InChI=1S/C66H124O14/c1-4-7-10-13-16-19-22-25-28-31-34-37-40-43-46-49-57(70)76-62-60(73)55(52-67)75-65(63(62)77-58(71)50-47-44-41-38-35-32-29-26-23-20-17-14-11-8-5-2)80-66(54-69)64(61(74)56(53-68)79-66)78-59(72)51-48-45-42-39-36-33-30-27-24-21-18-15-12-9-6-3/h55-56,60-65,67-69,73-74H,4-54H2,1-3H3/t55-,56-,60-,61-,62+,63-,64+,65-,66+/m1/s1. The van der Waals surface area contributed by atoms with Crippen LogP contribution in [0.4, 0.5) is 0 Å². The lowest BCUT2D eigenvalue weighted by atomic mass is 9.97. The molecule has 14 nitrogen and oxygen atoms in total. The summed E-state index contributed by atoms with van der Waals surface area (Å²) in [5.74, 6) is -4.33. The smallest absolute Gasteiger partial charge is 0.306 e. The molecular weight excluding hydrogens is 1020 g/mol. The highest BCUT2D eigenvalue weighted by molar-refractivity contribution is 5.71. The molecule has 0 radical (unpaired) electrons. The number of ether oxygens (including phenoxy) is 6. The summed E-state index contributed by atoms with van der Waals surface area (Å²) >= 11 is 0. The molecule has 9 atom stereocenters. The molecule has 5 N–H and O–H groups in total. The second kappa shape index (κ2) is 50.4. The van der Waals surface area contributed by atoms with E-state index in [1.807, 2.05) is 0 Å². The number of hydrogen-bond donors (Lipinski definition) is 5. The first-order valence-corrected chi connectivity index (χ1v) is 33.9. The van der Waals surface area contributed by atoms with Crippen molar-refractivity contribution in [3.05, 3.63) is 0 Å². The number of rotatable bonds is 56. The third kappa shape index (κ3) is 34.1. The summed E-state index contributed by atoms with van der Waals surface area (Å²) in [7, 11) is 0. The first kappa shape index (κ1) is 74.2. The average Bonchev–Trinajstić information content (AvgIpc) is 3.72. The fraction of sp³-hybridized carbons (Fsp3) is 0.955. The minimum Gasteiger partial charge on any atom is -0.455 e. The highest BCUT2D eigenvalue weighted by atomic mass is 16.8. The number of aliphatic hydroxyl groups is 5. The first-order chi connectivity index (χ1) is 39.1. The van der Waals surface area contributed by atoms with Crippen molar-refractivity contribution in [2.24, 2.45) is 0 Å². The van der Waals surface area contributed by atoms with Crippen molar-refractivity contribution in [3.63, 3.8) is 0 Å². The molecule has 2 saturated heterocycles. The molecule has 80 heavy (non-hydrogen) atoms. The number of esters is 3. The molecule has 0 unspecified atom stereocenters. The van der Waals surface area contributed by atoms with Gasteiger partial charge in [0.15, 0.2) is 18.3 Å². The van der Waals surface area contributed by atoms with Crippen molar-refractivity contribution in [1.82, 2.24) is 0 Å². The second-order valence-corrected chi connectivity index (χ2v) is 24.1. The number of unbranched alkanes of at least 4 members (excludes halogenated alkanes) is 42. The summed E-state index contributed by atoms with van der Waals surface area (Å²) in [5, 5.41) is 54.7. The Kier molecular flexibility index (Phi) is 46.8. The Bertz CT molecular complexity index is 1450. The van der Waals surface area contributed by atoms with E-state index in [0.29, 0.717) is 19.3 Å². The van der Waals surface area contributed by atoms with Gasteiger partial charge in [0.1, 0.15) is 31.0 Å². The van der Waals surface area contributed by atoms with Crippen molar-refractivity contribution in [3.8, 4) is 0 Å². The van der Waals surface area contributed by atoms with Crippen LogP contribution >= 0.6 is 0 Å². The summed E-state index contributed by atoms with van der Waals surface area (Å²) in [6.45, 7) is 4.26. The van der Waals surface area contributed by atoms with Crippen LogP contribution < -0.4 is 0 Å². The van der Waals surface area contributed by atoms with Gasteiger partial charge in [0.25, 0.3) is 0 Å². The Labute approximate surface area is 488 Å². The van der Waals surface area contributed by atoms with E-state index in [1.54, 1.807) is 0 Å². The monoisotopic (exact) mass is 1140 g/mol. The van der Waals surface area contributed by atoms with Crippen LogP contribution in [0, 0.1) is 0 Å². The van der Waals surface area contributed by atoms with Gasteiger partial charge in [0, 0.05) is 19.3 Å². The molecule has 2 rings (SSSR count). The van der Waals surface area contributed by atoms with Gasteiger partial charge in [-0.15, -0.1) is 0 Å². The van der Waals surface area contributed by atoms with Gasteiger partial charge < -0.3 is 54.0 Å². The van der Waals surface area contributed by atoms with Crippen molar-refractivity contribution >= 4 is 17.9 Å². The molecule has 2 fully saturated rings. The maximum Gasteiger partial charge on any atom is 0.306 e. The Morgan fingerprint density at radius 2 is 0.637 bits per heavy atom. The van der Waals surface area contributed by atoms with Crippen LogP contribution in [0.2, 0.25) is 0 Å². The minimum absolute atomic E-state index is 0.0211. The maximum atomic E-state index is 13.7. The molecule has 0 aliphatic carbocycles. The van der Waals surface area contributed by atoms with Gasteiger partial charge in [-0.05, 0) is 19.3 Å². The number of carbonyl (C=O) groups excluding carboxylic acids is 3. The summed E-state index contributed by atoms with van der Waals surface area (Å²) in [5.41, 5.74) is 0. The lowest BCUT2D eigenvalue weighted by molar-refractivity contribution is -0.384. The zero-order valence-electron chi connectivity index (χ0n) is 51.6. The summed E-state index contributed by atoms with van der Waals surface area (Å²) in [4.78, 5) is 40.7.